The zero-order chi connectivity index (χ0) is 8.20. The molecule has 0 atom stereocenters. The Kier molecular flexibility index (Phi) is 3.96. The minimum absolute atomic E-state index is 0.123. The van der Waals surface area contributed by atoms with Crippen LogP contribution in [0.25, 0.3) is 0 Å². The Morgan fingerprint density at radius 1 is 1.50 bits per heavy atom. The standard InChI is InChI=1S/C8H12N.W/c1-6-9-7(2)8(3,4)5;/h1-2,6H,3-5H3;/q-1;. The number of aliphatic imine (C=N–C) groups is 1. The zero-order valence-corrected chi connectivity index (χ0v) is 9.52. The summed E-state index contributed by atoms with van der Waals surface area (Å²) < 4.78 is 2.06. The monoisotopic (exact) mass is 306 g/mol. The van der Waals surface area contributed by atoms with Crippen molar-refractivity contribution in [3.05, 3.63) is 12.8 Å². The molecule has 0 aromatic carbocycles. The average Bonchev–Trinajstić information content (AvgIpc) is 1.80. The van der Waals surface area contributed by atoms with Crippen molar-refractivity contribution in [1.29, 1.82) is 0 Å². The predicted molar refractivity (Wildman–Crippen MR) is 41.8 cm³/mol. The van der Waals surface area contributed by atoms with Gasteiger partial charge in [-0.3, -0.25) is 0 Å². The molecule has 0 aliphatic heterocycles. The van der Waals surface area contributed by atoms with Gasteiger partial charge in [-0.25, -0.2) is 0 Å². The number of hydrogen-bond donors (Lipinski definition) is 0. The van der Waals surface area contributed by atoms with Crippen LogP contribution in [-0.2, 0) is 19.4 Å². The summed E-state index contributed by atoms with van der Waals surface area (Å²) in [4.78, 5) is 4.05. The van der Waals surface area contributed by atoms with Gasteiger partial charge in [-0.1, -0.05) is 0 Å². The molecule has 0 fully saturated rings. The molecule has 0 aliphatic carbocycles. The molecule has 0 saturated carbocycles. The van der Waals surface area contributed by atoms with E-state index in [0.29, 0.717) is 0 Å². The summed E-state index contributed by atoms with van der Waals surface area (Å²) in [6.45, 7) is 11.5. The minimum atomic E-state index is 0.123. The zero-order valence-electron chi connectivity index (χ0n) is 6.59. The maximum atomic E-state index is 5.18. The molecule has 2 heteroatoms. The Bertz CT molecular complexity index is 163. The maximum absolute atomic E-state index is 5.18. The van der Waals surface area contributed by atoms with Gasteiger partial charge >= 0.3 is 73.4 Å². The summed E-state index contributed by atoms with van der Waals surface area (Å²) in [5.41, 5.74) is 1.18. The molecule has 0 aromatic heterocycles. The molecule has 10 heavy (non-hydrogen) atoms. The second-order valence-electron chi connectivity index (χ2n) is 3.03. The van der Waals surface area contributed by atoms with Crippen molar-refractivity contribution in [3.8, 4) is 0 Å². The van der Waals surface area contributed by atoms with E-state index in [2.05, 4.69) is 30.2 Å². The van der Waals surface area contributed by atoms with Crippen LogP contribution in [0.1, 0.15) is 20.8 Å². The van der Waals surface area contributed by atoms with Gasteiger partial charge in [0, 0.05) is 0 Å². The van der Waals surface area contributed by atoms with Gasteiger partial charge in [0.05, 0.1) is 0 Å². The SMILES string of the molecule is [CH-]=CN=C([CH]=[W])C(C)(C)C. The van der Waals surface area contributed by atoms with E-state index in [1.54, 1.807) is 0 Å². The van der Waals surface area contributed by atoms with E-state index in [-0.39, 0.29) is 5.41 Å². The second kappa shape index (κ2) is 3.98. The van der Waals surface area contributed by atoms with E-state index in [9.17, 15) is 0 Å². The first kappa shape index (κ1) is 9.97. The van der Waals surface area contributed by atoms with E-state index in [4.69, 9.17) is 6.58 Å². The van der Waals surface area contributed by atoms with Crippen LogP contribution in [0.4, 0.5) is 0 Å². The molecule has 0 spiro atoms. The normalized spacial score (nSPS) is 12.9. The van der Waals surface area contributed by atoms with E-state index >= 15 is 0 Å². The topological polar surface area (TPSA) is 12.4 Å². The molecule has 0 radical (unpaired) electrons. The van der Waals surface area contributed by atoms with Crippen LogP contribution in [0, 0.1) is 12.0 Å². The first-order valence-corrected chi connectivity index (χ1v) is 4.78. The van der Waals surface area contributed by atoms with Crippen molar-refractivity contribution in [1.82, 2.24) is 0 Å². The van der Waals surface area contributed by atoms with Gasteiger partial charge in [-0.15, -0.1) is 0 Å². The molecule has 0 aromatic rings. The summed E-state index contributed by atoms with van der Waals surface area (Å²) in [6, 6.07) is 0. The van der Waals surface area contributed by atoms with Crippen LogP contribution in [0.2, 0.25) is 0 Å². The molecule has 56 valence electrons. The Labute approximate surface area is 73.7 Å². The Morgan fingerprint density at radius 3 is 2.10 bits per heavy atom. The van der Waals surface area contributed by atoms with Gasteiger partial charge in [0.25, 0.3) is 0 Å². The Morgan fingerprint density at radius 2 is 2.00 bits per heavy atom. The quantitative estimate of drug-likeness (QED) is 0.545. The van der Waals surface area contributed by atoms with Gasteiger partial charge < -0.3 is 0 Å². The van der Waals surface area contributed by atoms with Crippen LogP contribution in [-0.4, -0.2) is 10.1 Å². The molecule has 0 saturated heterocycles. The van der Waals surface area contributed by atoms with E-state index in [1.807, 2.05) is 0 Å². The molecule has 0 unspecified atom stereocenters. The fraction of sp³-hybridized carbons (Fsp3) is 0.500. The van der Waals surface area contributed by atoms with Crippen LogP contribution in [0.15, 0.2) is 11.2 Å². The molecular weight excluding hydrogens is 294 g/mol. The van der Waals surface area contributed by atoms with E-state index in [1.165, 1.54) is 25.6 Å². The molecule has 0 heterocycles. The van der Waals surface area contributed by atoms with Crippen molar-refractivity contribution < 1.29 is 19.4 Å². The summed E-state index contributed by atoms with van der Waals surface area (Å²) >= 11 is 1.41. The molecule has 0 N–H and O–H groups in total. The predicted octanol–water partition coefficient (Wildman–Crippen LogP) is 1.77. The molecular formula is C8H12NW-. The van der Waals surface area contributed by atoms with Crippen LogP contribution in [0.3, 0.4) is 0 Å². The van der Waals surface area contributed by atoms with Crippen molar-refractivity contribution in [3.63, 3.8) is 0 Å². The molecule has 0 bridgehead atoms. The van der Waals surface area contributed by atoms with Crippen molar-refractivity contribution >= 4 is 10.1 Å². The third-order valence-electron chi connectivity index (χ3n) is 1.09. The molecule has 1 nitrogen and oxygen atoms in total. The van der Waals surface area contributed by atoms with E-state index < -0.39 is 0 Å². The fourth-order valence-electron chi connectivity index (χ4n) is 0.481. The van der Waals surface area contributed by atoms with Crippen LogP contribution >= 0.6 is 0 Å². The van der Waals surface area contributed by atoms with Gasteiger partial charge in [0.1, 0.15) is 0 Å². The van der Waals surface area contributed by atoms with Gasteiger partial charge in [0.2, 0.25) is 0 Å². The van der Waals surface area contributed by atoms with Crippen molar-refractivity contribution in [2.75, 3.05) is 0 Å². The van der Waals surface area contributed by atoms with Crippen molar-refractivity contribution in [2.24, 2.45) is 10.4 Å². The summed E-state index contributed by atoms with van der Waals surface area (Å²) in [5, 5.41) is 0. The summed E-state index contributed by atoms with van der Waals surface area (Å²) in [6.07, 6.45) is 1.35. The van der Waals surface area contributed by atoms with Crippen LogP contribution in [0.5, 0.6) is 0 Å². The van der Waals surface area contributed by atoms with E-state index in [0.717, 1.165) is 5.71 Å². The van der Waals surface area contributed by atoms with Gasteiger partial charge in [0.15, 0.2) is 0 Å². The van der Waals surface area contributed by atoms with Crippen LogP contribution < -0.4 is 0 Å². The molecule has 0 amide bonds. The third-order valence-corrected chi connectivity index (χ3v) is 1.90. The average molecular weight is 306 g/mol. The summed E-state index contributed by atoms with van der Waals surface area (Å²) in [7, 11) is 0. The molecule has 0 aliphatic rings. The third kappa shape index (κ3) is 3.22. The second-order valence-corrected chi connectivity index (χ2v) is 3.88. The first-order valence-electron chi connectivity index (χ1n) is 3.09. The van der Waals surface area contributed by atoms with Gasteiger partial charge in [-0.05, 0) is 0 Å². The first-order chi connectivity index (χ1) is 4.52. The molecule has 0 rings (SSSR count). The number of nitrogens with zero attached hydrogens (tertiary/aromatic N) is 1. The van der Waals surface area contributed by atoms with Gasteiger partial charge in [-0.2, -0.15) is 0 Å². The van der Waals surface area contributed by atoms with Crippen molar-refractivity contribution in [2.45, 2.75) is 20.8 Å². The number of rotatable bonds is 2. The summed E-state index contributed by atoms with van der Waals surface area (Å²) in [5.74, 6) is 0. The Balaban J connectivity index is 4.51. The fourth-order valence-corrected chi connectivity index (χ4v) is 1.97. The Hall–Kier alpha value is -0.0317. The number of hydrogen-bond acceptors (Lipinski definition) is 1.